The van der Waals surface area contributed by atoms with E-state index in [1.165, 1.54) is 0 Å². The van der Waals surface area contributed by atoms with E-state index < -0.39 is 0 Å². The highest BCUT2D eigenvalue weighted by molar-refractivity contribution is 5.98. The Balaban J connectivity index is 1.46. The number of carbonyl (C=O) groups is 1. The maximum Gasteiger partial charge on any atom is 0.254 e. The molecule has 1 saturated heterocycles. The number of amides is 1. The normalized spacial score (nSPS) is 14.8. The molecule has 3 heterocycles. The second kappa shape index (κ2) is 6.78. The minimum Gasteiger partial charge on any atom is -0.353 e. The van der Waals surface area contributed by atoms with Crippen molar-refractivity contribution in [1.29, 1.82) is 0 Å². The van der Waals surface area contributed by atoms with E-state index in [1.807, 2.05) is 47.0 Å². The lowest BCUT2D eigenvalue weighted by molar-refractivity contribution is 0.0746. The number of benzene rings is 1. The average Bonchev–Trinajstić information content (AvgIpc) is 3.08. The molecule has 26 heavy (non-hydrogen) atoms. The van der Waals surface area contributed by atoms with Crippen LogP contribution in [0.2, 0.25) is 0 Å². The van der Waals surface area contributed by atoms with Gasteiger partial charge >= 0.3 is 0 Å². The number of piperazine rings is 1. The first-order chi connectivity index (χ1) is 12.7. The summed E-state index contributed by atoms with van der Waals surface area (Å²) < 4.78 is 2.05. The Hall–Kier alpha value is -2.89. The van der Waals surface area contributed by atoms with E-state index >= 15 is 0 Å². The zero-order valence-corrected chi connectivity index (χ0v) is 15.2. The van der Waals surface area contributed by atoms with E-state index in [0.717, 1.165) is 47.5 Å². The van der Waals surface area contributed by atoms with Crippen LogP contribution in [0.3, 0.4) is 0 Å². The monoisotopic (exact) mass is 349 g/mol. The molecule has 4 rings (SSSR count). The number of fused-ring (bicyclic) bond motifs is 1. The molecule has 0 unspecified atom stereocenters. The van der Waals surface area contributed by atoms with Crippen molar-refractivity contribution in [2.24, 2.45) is 7.05 Å². The molecule has 0 N–H and O–H groups in total. The number of rotatable bonds is 3. The van der Waals surface area contributed by atoms with Crippen molar-refractivity contribution in [2.45, 2.75) is 13.3 Å². The van der Waals surface area contributed by atoms with Gasteiger partial charge in [-0.25, -0.2) is 9.97 Å². The van der Waals surface area contributed by atoms with Crippen molar-refractivity contribution in [1.82, 2.24) is 19.4 Å². The van der Waals surface area contributed by atoms with Crippen LogP contribution >= 0.6 is 0 Å². The third-order valence-corrected chi connectivity index (χ3v) is 5.10. The number of anilines is 1. The van der Waals surface area contributed by atoms with Gasteiger partial charge in [0, 0.05) is 62.3 Å². The van der Waals surface area contributed by atoms with Gasteiger partial charge in [0.1, 0.15) is 12.1 Å². The summed E-state index contributed by atoms with van der Waals surface area (Å²) in [5.41, 5.74) is 2.88. The number of aryl methyl sites for hydroxylation is 2. The Morgan fingerprint density at radius 3 is 2.65 bits per heavy atom. The highest BCUT2D eigenvalue weighted by Crippen LogP contribution is 2.19. The first-order valence-corrected chi connectivity index (χ1v) is 9.06. The third kappa shape index (κ3) is 3.03. The first kappa shape index (κ1) is 16.6. The van der Waals surface area contributed by atoms with Gasteiger partial charge in [-0.05, 0) is 30.0 Å². The second-order valence-corrected chi connectivity index (χ2v) is 6.70. The molecule has 134 valence electrons. The predicted molar refractivity (Wildman–Crippen MR) is 102 cm³/mol. The van der Waals surface area contributed by atoms with Crippen molar-refractivity contribution in [2.75, 3.05) is 31.1 Å². The van der Waals surface area contributed by atoms with Crippen LogP contribution in [0.4, 0.5) is 5.82 Å². The largest absolute Gasteiger partial charge is 0.353 e. The molecule has 2 aromatic heterocycles. The summed E-state index contributed by atoms with van der Waals surface area (Å²) in [6.45, 7) is 5.08. The molecule has 1 amide bonds. The van der Waals surface area contributed by atoms with Gasteiger partial charge in [-0.3, -0.25) is 4.79 Å². The lowest BCUT2D eigenvalue weighted by Crippen LogP contribution is -2.49. The summed E-state index contributed by atoms with van der Waals surface area (Å²) >= 11 is 0. The van der Waals surface area contributed by atoms with E-state index in [0.29, 0.717) is 13.1 Å². The topological polar surface area (TPSA) is 54.3 Å². The van der Waals surface area contributed by atoms with E-state index in [-0.39, 0.29) is 5.91 Å². The van der Waals surface area contributed by atoms with Crippen LogP contribution < -0.4 is 4.90 Å². The van der Waals surface area contributed by atoms with Gasteiger partial charge in [-0.15, -0.1) is 0 Å². The van der Waals surface area contributed by atoms with Gasteiger partial charge in [0.15, 0.2) is 0 Å². The molecule has 3 aromatic rings. The van der Waals surface area contributed by atoms with Crippen molar-refractivity contribution in [3.63, 3.8) is 0 Å². The van der Waals surface area contributed by atoms with Crippen molar-refractivity contribution >= 4 is 22.6 Å². The predicted octanol–water partition coefficient (Wildman–Crippen LogP) is 2.49. The minimum absolute atomic E-state index is 0.102. The summed E-state index contributed by atoms with van der Waals surface area (Å²) in [6.07, 6.45) is 4.54. The second-order valence-electron chi connectivity index (χ2n) is 6.70. The Kier molecular flexibility index (Phi) is 4.32. The van der Waals surface area contributed by atoms with Crippen LogP contribution in [0.5, 0.6) is 0 Å². The lowest BCUT2D eigenvalue weighted by Gasteiger charge is -2.35. The molecular formula is C20H23N5O. The first-order valence-electron chi connectivity index (χ1n) is 9.06. The van der Waals surface area contributed by atoms with Crippen LogP contribution in [0, 0.1) is 0 Å². The smallest absolute Gasteiger partial charge is 0.254 e. The summed E-state index contributed by atoms with van der Waals surface area (Å²) in [4.78, 5) is 25.7. The molecule has 1 aromatic carbocycles. The minimum atomic E-state index is 0.102. The van der Waals surface area contributed by atoms with Crippen LogP contribution in [-0.2, 0) is 13.5 Å². The van der Waals surface area contributed by atoms with Gasteiger partial charge in [0.05, 0.1) is 0 Å². The fourth-order valence-corrected chi connectivity index (χ4v) is 3.47. The number of nitrogens with zero attached hydrogens (tertiary/aromatic N) is 5. The summed E-state index contributed by atoms with van der Waals surface area (Å²) in [7, 11) is 2.00. The molecule has 0 bridgehead atoms. The summed E-state index contributed by atoms with van der Waals surface area (Å²) in [5.74, 6) is 1.05. The number of aromatic nitrogens is 3. The Bertz CT molecular complexity index is 940. The molecular weight excluding hydrogens is 326 g/mol. The van der Waals surface area contributed by atoms with Crippen molar-refractivity contribution < 1.29 is 4.79 Å². The fraction of sp³-hybridized carbons (Fsp3) is 0.350. The third-order valence-electron chi connectivity index (χ3n) is 5.10. The molecule has 1 fully saturated rings. The molecule has 0 saturated carbocycles. The quantitative estimate of drug-likeness (QED) is 0.729. The molecule has 6 nitrogen and oxygen atoms in total. The van der Waals surface area contributed by atoms with Gasteiger partial charge in [-0.1, -0.05) is 13.0 Å². The summed E-state index contributed by atoms with van der Waals surface area (Å²) in [5, 5.41) is 1.16. The van der Waals surface area contributed by atoms with Gasteiger partial charge < -0.3 is 14.4 Å². The number of hydrogen-bond acceptors (Lipinski definition) is 4. The van der Waals surface area contributed by atoms with E-state index in [2.05, 4.69) is 27.9 Å². The van der Waals surface area contributed by atoms with Crippen LogP contribution in [-0.4, -0.2) is 51.5 Å². The van der Waals surface area contributed by atoms with E-state index in [4.69, 9.17) is 0 Å². The number of hydrogen-bond donors (Lipinski definition) is 0. The summed E-state index contributed by atoms with van der Waals surface area (Å²) in [6, 6.07) is 10.0. The molecule has 1 aliphatic heterocycles. The SMILES string of the molecule is CCc1cc(N2CCN(C(=O)c3ccc4ccn(C)c4c3)CC2)ncn1. The van der Waals surface area contributed by atoms with E-state index in [9.17, 15) is 4.79 Å². The Morgan fingerprint density at radius 1 is 1.08 bits per heavy atom. The maximum absolute atomic E-state index is 12.9. The highest BCUT2D eigenvalue weighted by atomic mass is 16.2. The molecule has 0 aliphatic carbocycles. The fourth-order valence-electron chi connectivity index (χ4n) is 3.47. The zero-order valence-electron chi connectivity index (χ0n) is 15.2. The molecule has 6 heteroatoms. The Labute approximate surface area is 153 Å². The van der Waals surface area contributed by atoms with Crippen LogP contribution in [0.25, 0.3) is 10.9 Å². The van der Waals surface area contributed by atoms with Crippen LogP contribution in [0.15, 0.2) is 42.9 Å². The van der Waals surface area contributed by atoms with E-state index in [1.54, 1.807) is 6.33 Å². The van der Waals surface area contributed by atoms with Gasteiger partial charge in [0.25, 0.3) is 5.91 Å². The van der Waals surface area contributed by atoms with Gasteiger partial charge in [-0.2, -0.15) is 0 Å². The van der Waals surface area contributed by atoms with Crippen LogP contribution in [0.1, 0.15) is 23.0 Å². The van der Waals surface area contributed by atoms with Gasteiger partial charge in [0.2, 0.25) is 0 Å². The van der Waals surface area contributed by atoms with Crippen molar-refractivity contribution in [3.05, 3.63) is 54.1 Å². The van der Waals surface area contributed by atoms with Crippen molar-refractivity contribution in [3.8, 4) is 0 Å². The zero-order chi connectivity index (χ0) is 18.1. The lowest BCUT2D eigenvalue weighted by atomic mass is 10.1. The molecule has 0 spiro atoms. The highest BCUT2D eigenvalue weighted by Gasteiger charge is 2.23. The molecule has 0 radical (unpaired) electrons. The molecule has 1 aliphatic rings. The standard InChI is InChI=1S/C20H23N5O/c1-3-17-13-19(22-14-21-17)24-8-10-25(11-9-24)20(26)16-5-4-15-6-7-23(2)18(15)12-16/h4-7,12-14H,3,8-11H2,1-2H3. The molecule has 0 atom stereocenters. The Morgan fingerprint density at radius 2 is 1.88 bits per heavy atom. The maximum atomic E-state index is 12.9. The number of carbonyl (C=O) groups excluding carboxylic acids is 1. The average molecular weight is 349 g/mol.